The number of furan rings is 1. The van der Waals surface area contributed by atoms with Crippen LogP contribution in [0.4, 0.5) is 0 Å². The van der Waals surface area contributed by atoms with Crippen molar-refractivity contribution >= 4 is 11.9 Å². The number of carbonyl (C=O) groups excluding carboxylic acids is 2. The summed E-state index contributed by atoms with van der Waals surface area (Å²) in [6, 6.07) is 0. The number of esters is 2. The standard InChI is InChI=1S/C21H28O5/c1-11(2)20(23)26-19-18-12(3)10-24-17(18)9-15-7-8-16(25-14(5)22)13(4)21(15,19)6/h7,10-11,13,16,19H,8-9H2,1-6H3. The molecule has 0 aromatic carbocycles. The zero-order valence-electron chi connectivity index (χ0n) is 16.4. The van der Waals surface area contributed by atoms with Gasteiger partial charge in [0.1, 0.15) is 18.0 Å². The van der Waals surface area contributed by atoms with Crippen molar-refractivity contribution in [2.45, 2.75) is 66.6 Å². The molecule has 142 valence electrons. The van der Waals surface area contributed by atoms with Gasteiger partial charge < -0.3 is 13.9 Å². The van der Waals surface area contributed by atoms with Crippen molar-refractivity contribution in [1.82, 2.24) is 0 Å². The van der Waals surface area contributed by atoms with E-state index >= 15 is 0 Å². The monoisotopic (exact) mass is 360 g/mol. The summed E-state index contributed by atoms with van der Waals surface area (Å²) in [6.07, 6.45) is 4.56. The molecule has 0 fully saturated rings. The van der Waals surface area contributed by atoms with Crippen LogP contribution in [0.25, 0.3) is 0 Å². The van der Waals surface area contributed by atoms with Crippen LogP contribution in [-0.4, -0.2) is 18.0 Å². The molecule has 0 saturated carbocycles. The number of aryl methyl sites for hydroxylation is 1. The van der Waals surface area contributed by atoms with Crippen LogP contribution >= 0.6 is 0 Å². The lowest BCUT2D eigenvalue weighted by molar-refractivity contribution is -0.169. The molecule has 1 aromatic heterocycles. The third kappa shape index (κ3) is 2.87. The highest BCUT2D eigenvalue weighted by atomic mass is 16.6. The van der Waals surface area contributed by atoms with E-state index in [4.69, 9.17) is 13.9 Å². The number of hydrogen-bond acceptors (Lipinski definition) is 5. The summed E-state index contributed by atoms with van der Waals surface area (Å²) in [5.41, 5.74) is 2.71. The Morgan fingerprint density at radius 3 is 2.62 bits per heavy atom. The number of fused-ring (bicyclic) bond motifs is 2. The molecule has 2 aliphatic rings. The highest BCUT2D eigenvalue weighted by Gasteiger charge is 2.54. The van der Waals surface area contributed by atoms with Gasteiger partial charge in [0.15, 0.2) is 0 Å². The summed E-state index contributed by atoms with van der Waals surface area (Å²) < 4.78 is 17.4. The number of rotatable bonds is 3. The zero-order chi connectivity index (χ0) is 19.2. The second-order valence-corrected chi connectivity index (χ2v) is 8.09. The van der Waals surface area contributed by atoms with Crippen molar-refractivity contribution in [2.75, 3.05) is 0 Å². The molecule has 5 nitrogen and oxygen atoms in total. The van der Waals surface area contributed by atoms with E-state index < -0.39 is 11.5 Å². The third-order valence-electron chi connectivity index (χ3n) is 6.08. The second-order valence-electron chi connectivity index (χ2n) is 8.09. The molecule has 1 heterocycles. The van der Waals surface area contributed by atoms with Gasteiger partial charge in [-0.2, -0.15) is 0 Å². The molecule has 0 radical (unpaired) electrons. The molecule has 0 aliphatic heterocycles. The molecular weight excluding hydrogens is 332 g/mol. The maximum atomic E-state index is 12.5. The van der Waals surface area contributed by atoms with E-state index in [0.717, 1.165) is 16.9 Å². The van der Waals surface area contributed by atoms with Gasteiger partial charge in [0.2, 0.25) is 0 Å². The number of carbonyl (C=O) groups is 2. The van der Waals surface area contributed by atoms with Crippen molar-refractivity contribution in [3.05, 3.63) is 34.8 Å². The molecule has 2 aliphatic carbocycles. The molecular formula is C21H28O5. The summed E-state index contributed by atoms with van der Waals surface area (Å²) in [7, 11) is 0. The van der Waals surface area contributed by atoms with Gasteiger partial charge in [-0.05, 0) is 12.5 Å². The minimum absolute atomic E-state index is 0.0128. The molecule has 3 rings (SSSR count). The maximum absolute atomic E-state index is 12.5. The summed E-state index contributed by atoms with van der Waals surface area (Å²) in [6.45, 7) is 11.3. The van der Waals surface area contributed by atoms with Crippen LogP contribution in [0, 0.1) is 24.2 Å². The molecule has 0 spiro atoms. The van der Waals surface area contributed by atoms with E-state index in [9.17, 15) is 9.59 Å². The molecule has 4 unspecified atom stereocenters. The van der Waals surface area contributed by atoms with Crippen LogP contribution in [-0.2, 0) is 25.5 Å². The van der Waals surface area contributed by atoms with Crippen molar-refractivity contribution in [3.8, 4) is 0 Å². The summed E-state index contributed by atoms with van der Waals surface area (Å²) in [4.78, 5) is 24.0. The molecule has 26 heavy (non-hydrogen) atoms. The Bertz CT molecular complexity index is 756. The maximum Gasteiger partial charge on any atom is 0.309 e. The van der Waals surface area contributed by atoms with E-state index in [-0.39, 0.29) is 29.9 Å². The van der Waals surface area contributed by atoms with Gasteiger partial charge in [0.25, 0.3) is 0 Å². The van der Waals surface area contributed by atoms with Crippen molar-refractivity contribution in [2.24, 2.45) is 17.3 Å². The summed E-state index contributed by atoms with van der Waals surface area (Å²) in [5.74, 6) is 0.149. The first-order valence-electron chi connectivity index (χ1n) is 9.30. The van der Waals surface area contributed by atoms with Crippen LogP contribution in [0.2, 0.25) is 0 Å². The first-order chi connectivity index (χ1) is 12.2. The first kappa shape index (κ1) is 18.7. The minimum Gasteiger partial charge on any atom is -0.468 e. The Morgan fingerprint density at radius 2 is 2.00 bits per heavy atom. The van der Waals surface area contributed by atoms with Crippen molar-refractivity contribution < 1.29 is 23.5 Å². The normalized spacial score (nSPS) is 30.3. The van der Waals surface area contributed by atoms with Gasteiger partial charge in [-0.1, -0.05) is 39.3 Å². The topological polar surface area (TPSA) is 65.7 Å². The molecule has 0 saturated heterocycles. The Kier molecular flexibility index (Phi) is 4.76. The van der Waals surface area contributed by atoms with E-state index in [1.165, 1.54) is 12.5 Å². The fraction of sp³-hybridized carbons (Fsp3) is 0.619. The predicted octanol–water partition coefficient (Wildman–Crippen LogP) is 4.29. The molecule has 4 atom stereocenters. The molecule has 5 heteroatoms. The molecule has 0 bridgehead atoms. The smallest absolute Gasteiger partial charge is 0.309 e. The lowest BCUT2D eigenvalue weighted by Gasteiger charge is -2.50. The number of ether oxygens (including phenoxy) is 2. The van der Waals surface area contributed by atoms with Crippen LogP contribution in [0.1, 0.15) is 64.0 Å². The summed E-state index contributed by atoms with van der Waals surface area (Å²) in [5, 5.41) is 0. The Hall–Kier alpha value is -2.04. The van der Waals surface area contributed by atoms with E-state index in [0.29, 0.717) is 12.8 Å². The largest absolute Gasteiger partial charge is 0.468 e. The van der Waals surface area contributed by atoms with Crippen LogP contribution < -0.4 is 0 Å². The molecule has 0 N–H and O–H groups in total. The van der Waals surface area contributed by atoms with E-state index in [1.807, 2.05) is 20.8 Å². The number of hydrogen-bond donors (Lipinski definition) is 0. The van der Waals surface area contributed by atoms with Crippen molar-refractivity contribution in [3.63, 3.8) is 0 Å². The fourth-order valence-corrected chi connectivity index (χ4v) is 4.30. The summed E-state index contributed by atoms with van der Waals surface area (Å²) >= 11 is 0. The van der Waals surface area contributed by atoms with Gasteiger partial charge in [0.05, 0.1) is 12.2 Å². The highest BCUT2D eigenvalue weighted by Crippen LogP contribution is 2.58. The average molecular weight is 360 g/mol. The fourth-order valence-electron chi connectivity index (χ4n) is 4.30. The van der Waals surface area contributed by atoms with Gasteiger partial charge in [-0.25, -0.2) is 0 Å². The predicted molar refractivity (Wildman–Crippen MR) is 96.3 cm³/mol. The van der Waals surface area contributed by atoms with Gasteiger partial charge in [-0.3, -0.25) is 9.59 Å². The van der Waals surface area contributed by atoms with E-state index in [2.05, 4.69) is 19.9 Å². The molecule has 0 amide bonds. The van der Waals surface area contributed by atoms with Gasteiger partial charge in [0, 0.05) is 36.7 Å². The second kappa shape index (κ2) is 6.60. The Balaban J connectivity index is 2.08. The Morgan fingerprint density at radius 1 is 1.31 bits per heavy atom. The van der Waals surface area contributed by atoms with Crippen molar-refractivity contribution in [1.29, 1.82) is 0 Å². The van der Waals surface area contributed by atoms with Gasteiger partial charge >= 0.3 is 11.9 Å². The van der Waals surface area contributed by atoms with Crippen LogP contribution in [0.3, 0.4) is 0 Å². The van der Waals surface area contributed by atoms with E-state index in [1.54, 1.807) is 6.26 Å². The quantitative estimate of drug-likeness (QED) is 0.594. The average Bonchev–Trinajstić information content (AvgIpc) is 2.92. The van der Waals surface area contributed by atoms with Crippen LogP contribution in [0.5, 0.6) is 0 Å². The van der Waals surface area contributed by atoms with Gasteiger partial charge in [-0.15, -0.1) is 0 Å². The molecule has 1 aromatic rings. The first-order valence-corrected chi connectivity index (χ1v) is 9.30. The third-order valence-corrected chi connectivity index (χ3v) is 6.08. The minimum atomic E-state index is -0.445. The lowest BCUT2D eigenvalue weighted by atomic mass is 9.58. The van der Waals surface area contributed by atoms with Crippen LogP contribution in [0.15, 0.2) is 22.3 Å². The SMILES string of the molecule is CC(=O)OC1CC=C2Cc3occ(C)c3C(OC(=O)C(C)C)C2(C)C1C. The Labute approximate surface area is 154 Å². The lowest BCUT2D eigenvalue weighted by Crippen LogP contribution is -2.48. The zero-order valence-corrected chi connectivity index (χ0v) is 16.4. The highest BCUT2D eigenvalue weighted by molar-refractivity contribution is 5.72.